The molecule has 138 valence electrons. The fourth-order valence-electron chi connectivity index (χ4n) is 2.66. The lowest BCUT2D eigenvalue weighted by Crippen LogP contribution is -2.30. The minimum absolute atomic E-state index is 0.165. The molecule has 0 bridgehead atoms. The molecule has 0 aliphatic heterocycles. The van der Waals surface area contributed by atoms with Crippen molar-refractivity contribution in [3.05, 3.63) is 84.4 Å². The van der Waals surface area contributed by atoms with Gasteiger partial charge in [0, 0.05) is 9.79 Å². The molecule has 4 heteroatoms. The van der Waals surface area contributed by atoms with Gasteiger partial charge in [-0.1, -0.05) is 67.2 Å². The Bertz CT molecular complexity index is 896. The van der Waals surface area contributed by atoms with Crippen molar-refractivity contribution in [2.75, 3.05) is 5.32 Å². The summed E-state index contributed by atoms with van der Waals surface area (Å²) in [5.74, 6) is 0.594. The highest BCUT2D eigenvalue weighted by molar-refractivity contribution is 7.99. The van der Waals surface area contributed by atoms with Gasteiger partial charge in [-0.3, -0.25) is 4.79 Å². The van der Waals surface area contributed by atoms with Crippen LogP contribution in [0.1, 0.15) is 19.4 Å². The van der Waals surface area contributed by atoms with Crippen molar-refractivity contribution in [1.29, 1.82) is 0 Å². The highest BCUT2D eigenvalue weighted by Gasteiger charge is 2.17. The number of nitrogens with one attached hydrogen (secondary N) is 1. The molecular formula is C23H23NO2S. The van der Waals surface area contributed by atoms with E-state index in [1.54, 1.807) is 18.7 Å². The highest BCUT2D eigenvalue weighted by atomic mass is 32.2. The van der Waals surface area contributed by atoms with Crippen molar-refractivity contribution in [1.82, 2.24) is 0 Å². The number of ether oxygens (including phenoxy) is 1. The number of hydrogen-bond donors (Lipinski definition) is 1. The fourth-order valence-corrected chi connectivity index (χ4v) is 3.59. The first-order valence-electron chi connectivity index (χ1n) is 9.04. The molecule has 0 spiro atoms. The van der Waals surface area contributed by atoms with Crippen LogP contribution in [-0.2, 0) is 11.2 Å². The van der Waals surface area contributed by atoms with Crippen LogP contribution in [0.4, 0.5) is 5.69 Å². The Balaban J connectivity index is 1.70. The van der Waals surface area contributed by atoms with Crippen LogP contribution in [0.2, 0.25) is 0 Å². The molecule has 3 aromatic rings. The topological polar surface area (TPSA) is 38.3 Å². The number of benzene rings is 3. The maximum absolute atomic E-state index is 12.7. The predicted molar refractivity (Wildman–Crippen MR) is 112 cm³/mol. The first kappa shape index (κ1) is 19.1. The molecule has 27 heavy (non-hydrogen) atoms. The average Bonchev–Trinajstić information content (AvgIpc) is 2.70. The average molecular weight is 378 g/mol. The van der Waals surface area contributed by atoms with E-state index in [2.05, 4.69) is 24.4 Å². The molecular weight excluding hydrogens is 354 g/mol. The van der Waals surface area contributed by atoms with Crippen LogP contribution in [-0.4, -0.2) is 12.0 Å². The summed E-state index contributed by atoms with van der Waals surface area (Å²) in [7, 11) is 0. The number of amides is 1. The zero-order valence-electron chi connectivity index (χ0n) is 15.5. The zero-order valence-corrected chi connectivity index (χ0v) is 16.3. The lowest BCUT2D eigenvalue weighted by molar-refractivity contribution is -0.122. The van der Waals surface area contributed by atoms with Gasteiger partial charge in [0.05, 0.1) is 5.69 Å². The van der Waals surface area contributed by atoms with Crippen molar-refractivity contribution in [3.8, 4) is 5.75 Å². The Morgan fingerprint density at radius 2 is 1.63 bits per heavy atom. The number of anilines is 1. The van der Waals surface area contributed by atoms with Gasteiger partial charge in [-0.25, -0.2) is 0 Å². The largest absolute Gasteiger partial charge is 0.481 e. The summed E-state index contributed by atoms with van der Waals surface area (Å²) in [6.45, 7) is 3.85. The van der Waals surface area contributed by atoms with Crippen LogP contribution >= 0.6 is 11.8 Å². The summed E-state index contributed by atoms with van der Waals surface area (Å²) in [5.41, 5.74) is 1.88. The van der Waals surface area contributed by atoms with E-state index < -0.39 is 6.10 Å². The Morgan fingerprint density at radius 1 is 0.963 bits per heavy atom. The first-order valence-corrected chi connectivity index (χ1v) is 9.86. The van der Waals surface area contributed by atoms with Crippen molar-refractivity contribution in [2.24, 2.45) is 0 Å². The van der Waals surface area contributed by atoms with Crippen molar-refractivity contribution in [3.63, 3.8) is 0 Å². The molecule has 3 aromatic carbocycles. The van der Waals surface area contributed by atoms with E-state index in [1.165, 1.54) is 0 Å². The van der Waals surface area contributed by atoms with Crippen LogP contribution in [0.15, 0.2) is 88.7 Å². The molecule has 1 atom stereocenters. The monoisotopic (exact) mass is 377 g/mol. The normalized spacial score (nSPS) is 11.6. The number of para-hydroxylation sites is 2. The molecule has 0 saturated carbocycles. The Hall–Kier alpha value is -2.72. The second-order valence-electron chi connectivity index (χ2n) is 6.12. The summed E-state index contributed by atoms with van der Waals surface area (Å²) < 4.78 is 5.91. The molecule has 0 heterocycles. The Morgan fingerprint density at radius 3 is 2.41 bits per heavy atom. The van der Waals surface area contributed by atoms with Gasteiger partial charge >= 0.3 is 0 Å². The van der Waals surface area contributed by atoms with Gasteiger partial charge in [0.15, 0.2) is 6.10 Å². The van der Waals surface area contributed by atoms with E-state index in [4.69, 9.17) is 4.74 Å². The van der Waals surface area contributed by atoms with Gasteiger partial charge in [-0.05, 0) is 49.2 Å². The fraction of sp³-hybridized carbons (Fsp3) is 0.174. The van der Waals surface area contributed by atoms with Crippen LogP contribution in [0.5, 0.6) is 5.75 Å². The van der Waals surface area contributed by atoms with E-state index in [-0.39, 0.29) is 5.91 Å². The Kier molecular flexibility index (Phi) is 6.55. The molecule has 0 radical (unpaired) electrons. The van der Waals surface area contributed by atoms with E-state index in [9.17, 15) is 4.79 Å². The third kappa shape index (κ3) is 5.14. The molecule has 1 N–H and O–H groups in total. The van der Waals surface area contributed by atoms with Gasteiger partial charge in [0.1, 0.15) is 5.75 Å². The molecule has 1 unspecified atom stereocenters. The van der Waals surface area contributed by atoms with Gasteiger partial charge in [-0.15, -0.1) is 0 Å². The molecule has 0 saturated heterocycles. The molecule has 0 fully saturated rings. The summed E-state index contributed by atoms with van der Waals surface area (Å²) in [6.07, 6.45) is 0.272. The van der Waals surface area contributed by atoms with Gasteiger partial charge in [0.25, 0.3) is 5.91 Å². The SMILES string of the molecule is CCc1ccccc1OC(C)C(=O)Nc1ccccc1Sc1ccccc1. The van der Waals surface area contributed by atoms with Crippen LogP contribution in [0, 0.1) is 0 Å². The van der Waals surface area contributed by atoms with E-state index in [0.717, 1.165) is 33.2 Å². The Labute approximate surface area is 164 Å². The number of aryl methyl sites for hydroxylation is 1. The standard InChI is InChI=1S/C23H23NO2S/c1-3-18-11-7-9-15-21(18)26-17(2)23(25)24-20-14-8-10-16-22(20)27-19-12-5-4-6-13-19/h4-17H,3H2,1-2H3,(H,24,25). The maximum atomic E-state index is 12.7. The molecule has 1 amide bonds. The predicted octanol–water partition coefficient (Wildman–Crippen LogP) is 5.81. The molecule has 0 aromatic heterocycles. The van der Waals surface area contributed by atoms with E-state index >= 15 is 0 Å². The quantitative estimate of drug-likeness (QED) is 0.565. The second-order valence-corrected chi connectivity index (χ2v) is 7.24. The lowest BCUT2D eigenvalue weighted by Gasteiger charge is -2.18. The van der Waals surface area contributed by atoms with Gasteiger partial charge in [-0.2, -0.15) is 0 Å². The molecule has 3 nitrogen and oxygen atoms in total. The number of carbonyl (C=O) groups excluding carboxylic acids is 1. The smallest absolute Gasteiger partial charge is 0.265 e. The number of hydrogen-bond acceptors (Lipinski definition) is 3. The molecule has 3 rings (SSSR count). The zero-order chi connectivity index (χ0) is 19.1. The van der Waals surface area contributed by atoms with E-state index in [1.807, 2.05) is 66.7 Å². The van der Waals surface area contributed by atoms with Crippen LogP contribution in [0.3, 0.4) is 0 Å². The van der Waals surface area contributed by atoms with Crippen molar-refractivity contribution < 1.29 is 9.53 Å². The second kappa shape index (κ2) is 9.28. The third-order valence-corrected chi connectivity index (χ3v) is 5.23. The molecule has 0 aliphatic carbocycles. The third-order valence-electron chi connectivity index (χ3n) is 4.14. The van der Waals surface area contributed by atoms with Crippen molar-refractivity contribution >= 4 is 23.4 Å². The van der Waals surface area contributed by atoms with Gasteiger partial charge in [0.2, 0.25) is 0 Å². The summed E-state index contributed by atoms with van der Waals surface area (Å²) in [4.78, 5) is 14.8. The number of carbonyl (C=O) groups is 1. The van der Waals surface area contributed by atoms with Crippen LogP contribution < -0.4 is 10.1 Å². The van der Waals surface area contributed by atoms with Crippen LogP contribution in [0.25, 0.3) is 0 Å². The van der Waals surface area contributed by atoms with E-state index in [0.29, 0.717) is 0 Å². The maximum Gasteiger partial charge on any atom is 0.265 e. The molecule has 0 aliphatic rings. The van der Waals surface area contributed by atoms with Crippen molar-refractivity contribution in [2.45, 2.75) is 36.2 Å². The number of rotatable bonds is 7. The summed E-state index contributed by atoms with van der Waals surface area (Å²) >= 11 is 1.62. The first-order chi connectivity index (χ1) is 13.2. The minimum Gasteiger partial charge on any atom is -0.481 e. The summed E-state index contributed by atoms with van der Waals surface area (Å²) in [5, 5.41) is 3.00. The summed E-state index contributed by atoms with van der Waals surface area (Å²) in [6, 6.07) is 25.7. The minimum atomic E-state index is -0.590. The van der Waals surface area contributed by atoms with Gasteiger partial charge < -0.3 is 10.1 Å². The highest BCUT2D eigenvalue weighted by Crippen LogP contribution is 2.33. The lowest BCUT2D eigenvalue weighted by atomic mass is 10.1.